The van der Waals surface area contributed by atoms with Crippen molar-refractivity contribution in [1.82, 2.24) is 9.80 Å². The topological polar surface area (TPSA) is 6.48 Å². The van der Waals surface area contributed by atoms with Gasteiger partial charge < -0.3 is 34.0 Å². The van der Waals surface area contributed by atoms with E-state index in [9.17, 15) is 0 Å². The summed E-state index contributed by atoms with van der Waals surface area (Å²) in [5.41, 5.74) is 2.33. The van der Waals surface area contributed by atoms with Crippen molar-refractivity contribution < 1.29 is 34.0 Å². The fraction of sp³-hybridized carbons (Fsp3) is 0.167. The van der Waals surface area contributed by atoms with Crippen molar-refractivity contribution in [3.05, 3.63) is 60.3 Å². The summed E-state index contributed by atoms with van der Waals surface area (Å²) in [4.78, 5) is 3.80. The first-order valence-corrected chi connectivity index (χ1v) is 4.51. The molecule has 84 valence electrons. The molecule has 2 rings (SSSR count). The zero-order valence-corrected chi connectivity index (χ0v) is 12.3. The molecule has 0 atom stereocenters. The highest BCUT2D eigenvalue weighted by Crippen LogP contribution is 2.17. The second kappa shape index (κ2) is 6.62. The van der Waals surface area contributed by atoms with E-state index in [0.717, 1.165) is 0 Å². The number of rotatable bonds is 0. The summed E-state index contributed by atoms with van der Waals surface area (Å²) in [6.45, 7) is 0. The third-order valence-corrected chi connectivity index (χ3v) is 2.14. The van der Waals surface area contributed by atoms with Crippen molar-refractivity contribution in [1.29, 1.82) is 0 Å². The molecular formula is C12H12Br2N2. The lowest BCUT2D eigenvalue weighted by atomic mass is 10.1. The van der Waals surface area contributed by atoms with Gasteiger partial charge in [0.1, 0.15) is 37.0 Å². The molecule has 0 aromatic heterocycles. The smallest absolute Gasteiger partial charge is 0.153 e. The molecule has 0 saturated carbocycles. The number of nitrogens with zero attached hydrogens (tertiary/aromatic N) is 2. The zero-order valence-electron chi connectivity index (χ0n) is 9.11. The van der Waals surface area contributed by atoms with Crippen LogP contribution in [0.5, 0.6) is 0 Å². The number of halogens is 2. The van der Waals surface area contributed by atoms with Crippen molar-refractivity contribution in [2.24, 2.45) is 0 Å². The highest BCUT2D eigenvalue weighted by molar-refractivity contribution is 5.47. The fourth-order valence-corrected chi connectivity index (χ4v) is 1.27. The first-order chi connectivity index (χ1) is 6.75. The fourth-order valence-electron chi connectivity index (χ4n) is 1.27. The van der Waals surface area contributed by atoms with Crippen LogP contribution >= 0.6 is 0 Å². The highest BCUT2D eigenvalue weighted by Gasteiger charge is 2.17. The highest BCUT2D eigenvalue weighted by atomic mass is 79.9. The van der Waals surface area contributed by atoms with E-state index in [1.54, 1.807) is 0 Å². The summed E-state index contributed by atoms with van der Waals surface area (Å²) < 4.78 is 0. The minimum absolute atomic E-state index is 0. The van der Waals surface area contributed by atoms with E-state index in [4.69, 9.17) is 0 Å². The maximum atomic E-state index is 3.11. The van der Waals surface area contributed by atoms with E-state index >= 15 is 0 Å². The first-order valence-electron chi connectivity index (χ1n) is 4.51. The van der Waals surface area contributed by atoms with Gasteiger partial charge in [-0.05, 0) is 0 Å². The van der Waals surface area contributed by atoms with Crippen LogP contribution in [0.2, 0.25) is 0 Å². The molecule has 0 aliphatic carbocycles. The van der Waals surface area contributed by atoms with Crippen LogP contribution in [-0.4, -0.2) is 23.9 Å². The lowest BCUT2D eigenvalue weighted by molar-refractivity contribution is -0.001000. The maximum absolute atomic E-state index is 3.11. The van der Waals surface area contributed by atoms with Crippen molar-refractivity contribution in [2.75, 3.05) is 14.1 Å². The van der Waals surface area contributed by atoms with Crippen LogP contribution in [0.15, 0.2) is 47.9 Å². The zero-order chi connectivity index (χ0) is 9.97. The van der Waals surface area contributed by atoms with Gasteiger partial charge in [-0.25, -0.2) is 9.80 Å². The van der Waals surface area contributed by atoms with Crippen LogP contribution in [-0.2, 0) is 0 Å². The second-order valence-corrected chi connectivity index (χ2v) is 3.31. The molecular weight excluding hydrogens is 332 g/mol. The van der Waals surface area contributed by atoms with Crippen molar-refractivity contribution in [3.63, 3.8) is 0 Å². The summed E-state index contributed by atoms with van der Waals surface area (Å²) in [5.74, 6) is 0. The van der Waals surface area contributed by atoms with Crippen LogP contribution in [0.1, 0.15) is 0 Å². The third kappa shape index (κ3) is 3.58. The summed E-state index contributed by atoms with van der Waals surface area (Å²) in [7, 11) is 3.92. The quantitative estimate of drug-likeness (QED) is 0.412. The molecule has 0 fully saturated rings. The normalized spacial score (nSPS) is 20.9. The van der Waals surface area contributed by atoms with Crippen LogP contribution in [0.25, 0.3) is 0 Å². The van der Waals surface area contributed by atoms with E-state index in [1.807, 2.05) is 48.4 Å². The first kappa shape index (κ1) is 15.1. The van der Waals surface area contributed by atoms with Gasteiger partial charge in [0.25, 0.3) is 0 Å². The van der Waals surface area contributed by atoms with Crippen LogP contribution < -0.4 is 34.0 Å². The van der Waals surface area contributed by atoms with E-state index < -0.39 is 0 Å². The summed E-state index contributed by atoms with van der Waals surface area (Å²) in [6.07, 6.45) is 18.3. The van der Waals surface area contributed by atoms with Gasteiger partial charge in [-0.1, -0.05) is 0 Å². The Morgan fingerprint density at radius 3 is 1.44 bits per heavy atom. The molecule has 0 spiro atoms. The standard InChI is InChI=1S/C12H12N2.2BrH/c1-13-7-3-11(4-8-13)12-5-9-14(2)10-6-12;;/h3-7,9H,1-2H3;2*1H/q+2;;/p-2. The van der Waals surface area contributed by atoms with E-state index in [0.29, 0.717) is 0 Å². The monoisotopic (exact) mass is 342 g/mol. The molecule has 4 heteroatoms. The predicted molar refractivity (Wildman–Crippen MR) is 56.5 cm³/mol. The molecule has 0 N–H and O–H groups in total. The SMILES string of the molecule is CN1[C+]=CC(=C2C=[C+]N(C)C=C2)C=C1.[Br-].[Br-]. The number of hydrogen-bond acceptors (Lipinski definition) is 2. The Hall–Kier alpha value is -0.920. The third-order valence-electron chi connectivity index (χ3n) is 2.14. The summed E-state index contributed by atoms with van der Waals surface area (Å²) in [6, 6.07) is 0. The van der Waals surface area contributed by atoms with Crippen LogP contribution in [0, 0.1) is 12.4 Å². The largest absolute Gasteiger partial charge is 1.00 e. The Labute approximate surface area is 118 Å². The molecule has 0 amide bonds. The molecule has 0 aromatic carbocycles. The summed E-state index contributed by atoms with van der Waals surface area (Å²) >= 11 is 0. The minimum Gasteiger partial charge on any atom is -1.00 e. The van der Waals surface area contributed by atoms with Crippen molar-refractivity contribution in [3.8, 4) is 0 Å². The van der Waals surface area contributed by atoms with E-state index in [1.165, 1.54) is 11.1 Å². The number of allylic oxidation sites excluding steroid dienone is 6. The molecule has 2 aliphatic heterocycles. The molecule has 0 aromatic rings. The Bertz CT molecular complexity index is 310. The number of hydrogen-bond donors (Lipinski definition) is 0. The van der Waals surface area contributed by atoms with Crippen LogP contribution in [0.4, 0.5) is 0 Å². The molecule has 0 saturated heterocycles. The molecule has 0 unspecified atom stereocenters. The average Bonchev–Trinajstić information content (AvgIpc) is 2.21. The summed E-state index contributed by atoms with van der Waals surface area (Å²) in [5, 5.41) is 0. The van der Waals surface area contributed by atoms with Gasteiger partial charge in [0, 0.05) is 14.1 Å². The molecule has 2 nitrogen and oxygen atoms in total. The van der Waals surface area contributed by atoms with Gasteiger partial charge in [-0.2, -0.15) is 0 Å². The van der Waals surface area contributed by atoms with Crippen molar-refractivity contribution >= 4 is 0 Å². The van der Waals surface area contributed by atoms with Crippen LogP contribution in [0.3, 0.4) is 0 Å². The minimum atomic E-state index is 0. The maximum Gasteiger partial charge on any atom is 0.153 e. The van der Waals surface area contributed by atoms with E-state index in [2.05, 4.69) is 24.6 Å². The van der Waals surface area contributed by atoms with Gasteiger partial charge in [-0.3, -0.25) is 0 Å². The van der Waals surface area contributed by atoms with Gasteiger partial charge in [-0.15, -0.1) is 0 Å². The Balaban J connectivity index is 0.00000112. The lowest BCUT2D eigenvalue weighted by Gasteiger charge is -2.02. The lowest BCUT2D eigenvalue weighted by Crippen LogP contribution is -3.00. The van der Waals surface area contributed by atoms with Crippen molar-refractivity contribution in [2.45, 2.75) is 0 Å². The molecule has 16 heavy (non-hydrogen) atoms. The van der Waals surface area contributed by atoms with E-state index in [-0.39, 0.29) is 34.0 Å². The average molecular weight is 344 g/mol. The molecule has 2 heterocycles. The Morgan fingerprint density at radius 1 is 0.812 bits per heavy atom. The van der Waals surface area contributed by atoms with Gasteiger partial charge in [0.2, 0.25) is 0 Å². The molecule has 0 bridgehead atoms. The predicted octanol–water partition coefficient (Wildman–Crippen LogP) is -4.16. The Kier molecular flexibility index (Phi) is 6.24. The molecule has 2 aliphatic rings. The second-order valence-electron chi connectivity index (χ2n) is 3.31. The van der Waals surface area contributed by atoms with Gasteiger partial charge in [0.05, 0.1) is 12.2 Å². The van der Waals surface area contributed by atoms with Gasteiger partial charge in [0.15, 0.2) is 11.1 Å². The Morgan fingerprint density at radius 2 is 1.19 bits per heavy atom. The molecule has 0 radical (unpaired) electrons. The van der Waals surface area contributed by atoms with Gasteiger partial charge >= 0.3 is 0 Å².